The van der Waals surface area contributed by atoms with E-state index in [0.717, 1.165) is 6.20 Å². The minimum absolute atomic E-state index is 0.195. The summed E-state index contributed by atoms with van der Waals surface area (Å²) >= 11 is 0. The molecule has 0 radical (unpaired) electrons. The lowest BCUT2D eigenvalue weighted by Crippen LogP contribution is -2.36. The van der Waals surface area contributed by atoms with Crippen molar-refractivity contribution in [1.29, 1.82) is 0 Å². The smallest absolute Gasteiger partial charge is 0.434 e. The number of rotatable bonds is 3. The van der Waals surface area contributed by atoms with E-state index in [9.17, 15) is 18.0 Å². The molecule has 2 aromatic heterocycles. The molecule has 2 rings (SSSR count). The molecule has 2 aromatic rings. The maximum atomic E-state index is 12.3. The minimum Gasteiger partial charge on any atom is -0.477 e. The quantitative estimate of drug-likeness (QED) is 0.868. The first-order valence-electron chi connectivity index (χ1n) is 5.47. The number of halogens is 3. The Kier molecular flexibility index (Phi) is 3.64. The van der Waals surface area contributed by atoms with Gasteiger partial charge in [-0.1, -0.05) is 0 Å². The molecule has 2 heterocycles. The van der Waals surface area contributed by atoms with E-state index in [2.05, 4.69) is 9.97 Å². The molecular formula is C12H9F3N3O2+. The first-order chi connectivity index (χ1) is 9.36. The maximum absolute atomic E-state index is 12.3. The van der Waals surface area contributed by atoms with Gasteiger partial charge in [0.1, 0.15) is 0 Å². The minimum atomic E-state index is -4.52. The molecule has 0 aliphatic carbocycles. The van der Waals surface area contributed by atoms with Crippen LogP contribution >= 0.6 is 0 Å². The van der Waals surface area contributed by atoms with Crippen LogP contribution in [0.15, 0.2) is 36.9 Å². The SMILES string of the molecule is O=C(O)C[n+]1ccc(-c2cnc(C(F)(F)F)cn2)cc1. The van der Waals surface area contributed by atoms with Gasteiger partial charge in [-0.3, -0.25) is 4.98 Å². The van der Waals surface area contributed by atoms with Crippen molar-refractivity contribution in [3.05, 3.63) is 42.6 Å². The molecule has 0 aromatic carbocycles. The summed E-state index contributed by atoms with van der Waals surface area (Å²) in [4.78, 5) is 17.5. The molecule has 104 valence electrons. The number of aromatic nitrogens is 3. The van der Waals surface area contributed by atoms with Gasteiger partial charge in [0.2, 0.25) is 6.54 Å². The molecular weight excluding hydrogens is 275 g/mol. The predicted octanol–water partition coefficient (Wildman–Crippen LogP) is 1.53. The summed E-state index contributed by atoms with van der Waals surface area (Å²) in [6, 6.07) is 3.11. The van der Waals surface area contributed by atoms with Crippen molar-refractivity contribution in [3.8, 4) is 11.3 Å². The highest BCUT2D eigenvalue weighted by atomic mass is 19.4. The Morgan fingerprint density at radius 3 is 2.30 bits per heavy atom. The Bertz CT molecular complexity index is 609. The molecule has 1 N–H and O–H groups in total. The molecule has 0 atom stereocenters. The lowest BCUT2D eigenvalue weighted by Gasteiger charge is -2.05. The number of hydrogen-bond donors (Lipinski definition) is 1. The van der Waals surface area contributed by atoms with Crippen LogP contribution in [0.5, 0.6) is 0 Å². The number of nitrogens with zero attached hydrogens (tertiary/aromatic N) is 3. The number of alkyl halides is 3. The predicted molar refractivity (Wildman–Crippen MR) is 60.3 cm³/mol. The Balaban J connectivity index is 2.21. The van der Waals surface area contributed by atoms with Gasteiger partial charge in [0.25, 0.3) is 0 Å². The standard InChI is InChI=1S/C12H8F3N3O2/c13-12(14,15)10-6-16-9(5-17-10)8-1-3-18(4-2-8)7-11(19)20/h1-6H,7H2/p+1. The largest absolute Gasteiger partial charge is 0.477 e. The average molecular weight is 284 g/mol. The highest BCUT2D eigenvalue weighted by Crippen LogP contribution is 2.27. The molecule has 0 spiro atoms. The van der Waals surface area contributed by atoms with E-state index in [1.807, 2.05) is 0 Å². The van der Waals surface area contributed by atoms with Crippen LogP contribution in [0.3, 0.4) is 0 Å². The third kappa shape index (κ3) is 3.28. The fourth-order valence-corrected chi connectivity index (χ4v) is 1.51. The average Bonchev–Trinajstić information content (AvgIpc) is 2.38. The van der Waals surface area contributed by atoms with Crippen LogP contribution in [0, 0.1) is 0 Å². The maximum Gasteiger partial charge on any atom is 0.434 e. The molecule has 0 amide bonds. The van der Waals surface area contributed by atoms with Crippen molar-refractivity contribution in [1.82, 2.24) is 9.97 Å². The second kappa shape index (κ2) is 5.24. The van der Waals surface area contributed by atoms with Crippen LogP contribution in [-0.2, 0) is 17.5 Å². The normalized spacial score (nSPS) is 11.3. The van der Waals surface area contributed by atoms with Crippen LogP contribution in [0.4, 0.5) is 13.2 Å². The highest BCUT2D eigenvalue weighted by molar-refractivity contribution is 5.64. The number of hydrogen-bond acceptors (Lipinski definition) is 3. The summed E-state index contributed by atoms with van der Waals surface area (Å²) < 4.78 is 38.4. The third-order valence-electron chi connectivity index (χ3n) is 2.45. The molecule has 0 unspecified atom stereocenters. The number of carboxylic acid groups (broad SMARTS) is 1. The van der Waals surface area contributed by atoms with Gasteiger partial charge in [0.05, 0.1) is 18.1 Å². The lowest BCUT2D eigenvalue weighted by atomic mass is 10.2. The monoisotopic (exact) mass is 284 g/mol. The van der Waals surface area contributed by atoms with Gasteiger partial charge in [-0.15, -0.1) is 0 Å². The molecule has 0 saturated heterocycles. The zero-order valence-electron chi connectivity index (χ0n) is 10.0. The molecule has 0 saturated carbocycles. The topological polar surface area (TPSA) is 67.0 Å². The lowest BCUT2D eigenvalue weighted by molar-refractivity contribution is -0.685. The molecule has 20 heavy (non-hydrogen) atoms. The van der Waals surface area contributed by atoms with Crippen molar-refractivity contribution in [2.75, 3.05) is 0 Å². The second-order valence-electron chi connectivity index (χ2n) is 3.94. The zero-order valence-corrected chi connectivity index (χ0v) is 10.0. The third-order valence-corrected chi connectivity index (χ3v) is 2.45. The number of aliphatic carboxylic acids is 1. The van der Waals surface area contributed by atoms with E-state index in [1.54, 1.807) is 12.1 Å². The van der Waals surface area contributed by atoms with E-state index in [4.69, 9.17) is 5.11 Å². The van der Waals surface area contributed by atoms with E-state index < -0.39 is 17.8 Å². The molecule has 0 aliphatic heterocycles. The Labute approximate surface area is 111 Å². The van der Waals surface area contributed by atoms with Gasteiger partial charge >= 0.3 is 12.1 Å². The van der Waals surface area contributed by atoms with Crippen molar-refractivity contribution < 1.29 is 27.6 Å². The van der Waals surface area contributed by atoms with Crippen LogP contribution in [0.25, 0.3) is 11.3 Å². The Hall–Kier alpha value is -2.51. The van der Waals surface area contributed by atoms with E-state index >= 15 is 0 Å². The van der Waals surface area contributed by atoms with Crippen LogP contribution < -0.4 is 4.57 Å². The number of carboxylic acids is 1. The van der Waals surface area contributed by atoms with Gasteiger partial charge in [-0.2, -0.15) is 17.7 Å². The van der Waals surface area contributed by atoms with E-state index in [1.165, 1.54) is 17.0 Å². The van der Waals surface area contributed by atoms with E-state index in [-0.39, 0.29) is 12.2 Å². The second-order valence-corrected chi connectivity index (χ2v) is 3.94. The van der Waals surface area contributed by atoms with Crippen molar-refractivity contribution in [2.45, 2.75) is 12.7 Å². The molecule has 8 heteroatoms. The van der Waals surface area contributed by atoms with Gasteiger partial charge in [-0.05, 0) is 0 Å². The fraction of sp³-hybridized carbons (Fsp3) is 0.167. The molecule has 5 nitrogen and oxygen atoms in total. The fourth-order valence-electron chi connectivity index (χ4n) is 1.51. The summed E-state index contributed by atoms with van der Waals surface area (Å²) in [6.45, 7) is -0.195. The van der Waals surface area contributed by atoms with E-state index in [0.29, 0.717) is 11.8 Å². The first kappa shape index (κ1) is 13.9. The summed E-state index contributed by atoms with van der Waals surface area (Å²) in [7, 11) is 0. The summed E-state index contributed by atoms with van der Waals surface area (Å²) in [5, 5.41) is 8.61. The summed E-state index contributed by atoms with van der Waals surface area (Å²) in [5.74, 6) is -0.989. The van der Waals surface area contributed by atoms with Gasteiger partial charge in [0, 0.05) is 17.7 Å². The summed E-state index contributed by atoms with van der Waals surface area (Å²) in [6.07, 6.45) is 0.172. The molecule has 0 fully saturated rings. The van der Waals surface area contributed by atoms with Gasteiger partial charge in [-0.25, -0.2) is 9.78 Å². The van der Waals surface area contributed by atoms with Crippen LogP contribution in [0.2, 0.25) is 0 Å². The number of carbonyl (C=O) groups is 1. The molecule has 0 bridgehead atoms. The summed E-state index contributed by atoms with van der Waals surface area (Å²) in [5.41, 5.74) is -0.230. The van der Waals surface area contributed by atoms with Crippen molar-refractivity contribution >= 4 is 5.97 Å². The highest BCUT2D eigenvalue weighted by Gasteiger charge is 2.32. The van der Waals surface area contributed by atoms with Gasteiger partial charge < -0.3 is 5.11 Å². The van der Waals surface area contributed by atoms with Crippen LogP contribution in [0.1, 0.15) is 5.69 Å². The Morgan fingerprint density at radius 1 is 1.20 bits per heavy atom. The van der Waals surface area contributed by atoms with Crippen molar-refractivity contribution in [2.24, 2.45) is 0 Å². The Morgan fingerprint density at radius 2 is 1.85 bits per heavy atom. The molecule has 0 aliphatic rings. The zero-order chi connectivity index (χ0) is 14.8. The number of pyridine rings is 1. The van der Waals surface area contributed by atoms with Crippen molar-refractivity contribution in [3.63, 3.8) is 0 Å². The van der Waals surface area contributed by atoms with Crippen LogP contribution in [-0.4, -0.2) is 21.0 Å². The van der Waals surface area contributed by atoms with Gasteiger partial charge in [0.15, 0.2) is 18.1 Å². The first-order valence-corrected chi connectivity index (χ1v) is 5.47.